The van der Waals surface area contributed by atoms with E-state index in [-0.39, 0.29) is 24.1 Å². The molecule has 2 rings (SSSR count). The fourth-order valence-electron chi connectivity index (χ4n) is 2.37. The fourth-order valence-corrected chi connectivity index (χ4v) is 2.37. The predicted molar refractivity (Wildman–Crippen MR) is 77.4 cm³/mol. The summed E-state index contributed by atoms with van der Waals surface area (Å²) >= 11 is 0. The van der Waals surface area contributed by atoms with Crippen LogP contribution in [-0.4, -0.2) is 13.2 Å². The molecular weight excluding hydrogens is 274 g/mol. The molecule has 2 aromatic carbocycles. The summed E-state index contributed by atoms with van der Waals surface area (Å²) in [6.45, 7) is 0. The average molecular weight is 292 g/mol. The van der Waals surface area contributed by atoms with Gasteiger partial charge in [-0.2, -0.15) is 0 Å². The van der Waals surface area contributed by atoms with Crippen molar-refractivity contribution in [1.82, 2.24) is 5.43 Å². The topological polar surface area (TPSA) is 47.3 Å². The SMILES string of the molecule is COC(c1ccccc1)C(Cc1cccc(F)c1F)NN. The minimum absolute atomic E-state index is 0.216. The smallest absolute Gasteiger partial charge is 0.162 e. The minimum Gasteiger partial charge on any atom is -0.375 e. The Kier molecular flexibility index (Phi) is 5.38. The van der Waals surface area contributed by atoms with E-state index in [0.717, 1.165) is 11.6 Å². The Balaban J connectivity index is 2.24. The summed E-state index contributed by atoms with van der Waals surface area (Å²) in [6, 6.07) is 13.2. The van der Waals surface area contributed by atoms with E-state index >= 15 is 0 Å². The third-order valence-corrected chi connectivity index (χ3v) is 3.43. The highest BCUT2D eigenvalue weighted by atomic mass is 19.2. The van der Waals surface area contributed by atoms with Gasteiger partial charge in [0.25, 0.3) is 0 Å². The number of rotatable bonds is 6. The Morgan fingerprint density at radius 1 is 1.10 bits per heavy atom. The molecule has 0 aromatic heterocycles. The highest BCUT2D eigenvalue weighted by Gasteiger charge is 2.24. The first-order chi connectivity index (χ1) is 10.2. The summed E-state index contributed by atoms with van der Waals surface area (Å²) in [6.07, 6.45) is -0.146. The van der Waals surface area contributed by atoms with E-state index in [1.165, 1.54) is 6.07 Å². The van der Waals surface area contributed by atoms with Crippen molar-refractivity contribution < 1.29 is 13.5 Å². The van der Waals surface area contributed by atoms with E-state index < -0.39 is 11.6 Å². The van der Waals surface area contributed by atoms with E-state index in [9.17, 15) is 8.78 Å². The molecule has 0 saturated carbocycles. The van der Waals surface area contributed by atoms with Gasteiger partial charge < -0.3 is 4.74 Å². The van der Waals surface area contributed by atoms with Crippen LogP contribution >= 0.6 is 0 Å². The second kappa shape index (κ2) is 7.26. The molecular formula is C16H18F2N2O. The first-order valence-corrected chi connectivity index (χ1v) is 6.64. The van der Waals surface area contributed by atoms with Crippen LogP contribution in [0.25, 0.3) is 0 Å². The Bertz CT molecular complexity index is 578. The Morgan fingerprint density at radius 2 is 1.81 bits per heavy atom. The maximum Gasteiger partial charge on any atom is 0.162 e. The zero-order valence-electron chi connectivity index (χ0n) is 11.7. The number of benzene rings is 2. The molecule has 5 heteroatoms. The van der Waals surface area contributed by atoms with Gasteiger partial charge in [0.2, 0.25) is 0 Å². The zero-order chi connectivity index (χ0) is 15.2. The van der Waals surface area contributed by atoms with E-state index in [1.54, 1.807) is 13.2 Å². The van der Waals surface area contributed by atoms with Crippen molar-refractivity contribution in [3.05, 3.63) is 71.3 Å². The molecule has 3 nitrogen and oxygen atoms in total. The zero-order valence-corrected chi connectivity index (χ0v) is 11.7. The number of nitrogens with two attached hydrogens (primary N) is 1. The summed E-state index contributed by atoms with van der Waals surface area (Å²) < 4.78 is 32.5. The van der Waals surface area contributed by atoms with Crippen molar-refractivity contribution in [3.8, 4) is 0 Å². The van der Waals surface area contributed by atoms with E-state index in [0.29, 0.717) is 0 Å². The van der Waals surface area contributed by atoms with Crippen molar-refractivity contribution in [1.29, 1.82) is 0 Å². The lowest BCUT2D eigenvalue weighted by Crippen LogP contribution is -2.42. The quantitative estimate of drug-likeness (QED) is 0.636. The van der Waals surface area contributed by atoms with E-state index in [4.69, 9.17) is 10.6 Å². The number of hydrazine groups is 1. The lowest BCUT2D eigenvalue weighted by atomic mass is 9.96. The lowest BCUT2D eigenvalue weighted by Gasteiger charge is -2.26. The van der Waals surface area contributed by atoms with E-state index in [1.807, 2.05) is 30.3 Å². The van der Waals surface area contributed by atoms with Gasteiger partial charge in [-0.1, -0.05) is 42.5 Å². The highest BCUT2D eigenvalue weighted by Crippen LogP contribution is 2.24. The van der Waals surface area contributed by atoms with Gasteiger partial charge in [-0.25, -0.2) is 8.78 Å². The third-order valence-electron chi connectivity index (χ3n) is 3.43. The molecule has 0 heterocycles. The highest BCUT2D eigenvalue weighted by molar-refractivity contribution is 5.23. The molecule has 0 spiro atoms. The largest absolute Gasteiger partial charge is 0.375 e. The van der Waals surface area contributed by atoms with Crippen LogP contribution in [0.2, 0.25) is 0 Å². The van der Waals surface area contributed by atoms with Crippen LogP contribution in [0.4, 0.5) is 8.78 Å². The van der Waals surface area contributed by atoms with Crippen molar-refractivity contribution in [2.75, 3.05) is 7.11 Å². The van der Waals surface area contributed by atoms with Gasteiger partial charge in [0, 0.05) is 7.11 Å². The van der Waals surface area contributed by atoms with Crippen LogP contribution < -0.4 is 11.3 Å². The van der Waals surface area contributed by atoms with Crippen LogP contribution in [-0.2, 0) is 11.2 Å². The summed E-state index contributed by atoms with van der Waals surface area (Å²) in [5.74, 6) is 3.87. The van der Waals surface area contributed by atoms with Gasteiger partial charge in [0.05, 0.1) is 12.1 Å². The number of ether oxygens (including phenoxy) is 1. The monoisotopic (exact) mass is 292 g/mol. The van der Waals surface area contributed by atoms with Crippen molar-refractivity contribution in [2.24, 2.45) is 5.84 Å². The first-order valence-electron chi connectivity index (χ1n) is 6.64. The lowest BCUT2D eigenvalue weighted by molar-refractivity contribution is 0.0675. The molecule has 0 aliphatic rings. The number of methoxy groups -OCH3 is 1. The maximum atomic E-state index is 13.8. The molecule has 0 fully saturated rings. The number of hydrogen-bond acceptors (Lipinski definition) is 3. The molecule has 0 radical (unpaired) electrons. The molecule has 0 amide bonds. The van der Waals surface area contributed by atoms with Crippen LogP contribution in [0.5, 0.6) is 0 Å². The fraction of sp³-hybridized carbons (Fsp3) is 0.250. The summed E-state index contributed by atoms with van der Waals surface area (Å²) in [5.41, 5.74) is 3.81. The standard InChI is InChI=1S/C16H18F2N2O/c1-21-16(11-6-3-2-4-7-11)14(20-19)10-12-8-5-9-13(17)15(12)18/h2-9,14,16,20H,10,19H2,1H3. The van der Waals surface area contributed by atoms with Crippen molar-refractivity contribution in [3.63, 3.8) is 0 Å². The molecule has 3 N–H and O–H groups in total. The van der Waals surface area contributed by atoms with Crippen LogP contribution in [0.15, 0.2) is 48.5 Å². The maximum absolute atomic E-state index is 13.8. The van der Waals surface area contributed by atoms with Gasteiger partial charge >= 0.3 is 0 Å². The van der Waals surface area contributed by atoms with Crippen LogP contribution in [0.1, 0.15) is 17.2 Å². The molecule has 2 unspecified atom stereocenters. The van der Waals surface area contributed by atoms with Gasteiger partial charge in [-0.05, 0) is 23.6 Å². The van der Waals surface area contributed by atoms with Crippen molar-refractivity contribution in [2.45, 2.75) is 18.6 Å². The van der Waals surface area contributed by atoms with Gasteiger partial charge in [-0.15, -0.1) is 0 Å². The molecule has 0 aliphatic carbocycles. The van der Waals surface area contributed by atoms with Gasteiger partial charge in [-0.3, -0.25) is 11.3 Å². The first kappa shape index (κ1) is 15.6. The van der Waals surface area contributed by atoms with Gasteiger partial charge in [0.15, 0.2) is 11.6 Å². The number of hydrogen-bond donors (Lipinski definition) is 2. The predicted octanol–water partition coefficient (Wildman–Crippen LogP) is 2.73. The molecule has 0 aliphatic heterocycles. The van der Waals surface area contributed by atoms with E-state index in [2.05, 4.69) is 5.43 Å². The average Bonchev–Trinajstić information content (AvgIpc) is 2.52. The molecule has 0 saturated heterocycles. The molecule has 0 bridgehead atoms. The molecule has 21 heavy (non-hydrogen) atoms. The van der Waals surface area contributed by atoms with Crippen LogP contribution in [0, 0.1) is 11.6 Å². The summed E-state index contributed by atoms with van der Waals surface area (Å²) in [5, 5.41) is 0. The molecule has 112 valence electrons. The summed E-state index contributed by atoms with van der Waals surface area (Å²) in [7, 11) is 1.56. The minimum atomic E-state index is -0.864. The second-order valence-electron chi connectivity index (χ2n) is 4.76. The molecule has 2 atom stereocenters. The Morgan fingerprint density at radius 3 is 2.43 bits per heavy atom. The Hall–Kier alpha value is -1.82. The Labute approximate surface area is 122 Å². The third kappa shape index (κ3) is 3.64. The normalized spacial score (nSPS) is 13.9. The second-order valence-corrected chi connectivity index (χ2v) is 4.76. The number of nitrogens with one attached hydrogen (secondary N) is 1. The van der Waals surface area contributed by atoms with Crippen LogP contribution in [0.3, 0.4) is 0 Å². The summed E-state index contributed by atoms with van der Waals surface area (Å²) in [4.78, 5) is 0. The number of halogens is 2. The van der Waals surface area contributed by atoms with Gasteiger partial charge in [0.1, 0.15) is 0 Å². The van der Waals surface area contributed by atoms with Crippen molar-refractivity contribution >= 4 is 0 Å². The molecule has 2 aromatic rings.